The van der Waals surface area contributed by atoms with Crippen molar-refractivity contribution in [1.82, 2.24) is 9.78 Å². The van der Waals surface area contributed by atoms with Crippen molar-refractivity contribution in [2.75, 3.05) is 5.73 Å². The van der Waals surface area contributed by atoms with Gasteiger partial charge in [0, 0.05) is 17.9 Å². The van der Waals surface area contributed by atoms with Crippen LogP contribution in [0.4, 0.5) is 10.1 Å². The Bertz CT molecular complexity index is 720. The third kappa shape index (κ3) is 3.60. The van der Waals surface area contributed by atoms with Crippen molar-refractivity contribution in [3.63, 3.8) is 0 Å². The van der Waals surface area contributed by atoms with Crippen LogP contribution in [-0.2, 0) is 15.6 Å². The fourth-order valence-electron chi connectivity index (χ4n) is 1.93. The number of benzene rings is 1. The quantitative estimate of drug-likeness (QED) is 0.861. The van der Waals surface area contributed by atoms with Gasteiger partial charge >= 0.3 is 0 Å². The number of nitrogen functional groups attached to an aromatic ring is 1. The lowest BCUT2D eigenvalue weighted by atomic mass is 10.3. The van der Waals surface area contributed by atoms with Gasteiger partial charge in [-0.3, -0.25) is 4.68 Å². The molecule has 0 radical (unpaired) electrons. The largest absolute Gasteiger partial charge is 0.399 e. The zero-order valence-corrected chi connectivity index (χ0v) is 12.8. The third-order valence-corrected chi connectivity index (χ3v) is 4.93. The van der Waals surface area contributed by atoms with Crippen LogP contribution in [0, 0.1) is 5.82 Å². The molecule has 0 aliphatic heterocycles. The summed E-state index contributed by atoms with van der Waals surface area (Å²) in [5.41, 5.74) is 6.00. The van der Waals surface area contributed by atoms with Crippen LogP contribution in [0.25, 0.3) is 0 Å². The Labute approximate surface area is 123 Å². The molecular weight excluding hydrogens is 293 g/mol. The van der Waals surface area contributed by atoms with Gasteiger partial charge in [0.25, 0.3) is 0 Å². The molecule has 0 amide bonds. The second-order valence-electron chi connectivity index (χ2n) is 5.02. The van der Waals surface area contributed by atoms with Crippen LogP contribution in [-0.4, -0.2) is 18.2 Å². The van der Waals surface area contributed by atoms with Crippen LogP contribution in [0.2, 0.25) is 0 Å². The predicted molar refractivity (Wildman–Crippen MR) is 78.9 cm³/mol. The standard InChI is InChI=1S/C14H18FN3O2S/c1-3-10(2)18-5-4-13(17-18)9-21(19,20)14-7-11(15)6-12(16)8-14/h4-8,10H,3,9,16H2,1-2H3. The number of hydrogen-bond donors (Lipinski definition) is 1. The second-order valence-corrected chi connectivity index (χ2v) is 7.01. The van der Waals surface area contributed by atoms with Crippen molar-refractivity contribution < 1.29 is 12.8 Å². The zero-order valence-electron chi connectivity index (χ0n) is 12.0. The molecule has 5 nitrogen and oxygen atoms in total. The Morgan fingerprint density at radius 1 is 1.38 bits per heavy atom. The Morgan fingerprint density at radius 2 is 2.10 bits per heavy atom. The van der Waals surface area contributed by atoms with Gasteiger partial charge in [-0.2, -0.15) is 5.10 Å². The van der Waals surface area contributed by atoms with E-state index < -0.39 is 15.7 Å². The first-order valence-corrected chi connectivity index (χ1v) is 8.30. The average molecular weight is 311 g/mol. The molecular formula is C14H18FN3O2S. The highest BCUT2D eigenvalue weighted by Gasteiger charge is 2.19. The minimum absolute atomic E-state index is 0.0821. The first-order chi connectivity index (χ1) is 9.81. The van der Waals surface area contributed by atoms with Gasteiger partial charge in [0.05, 0.1) is 16.3 Å². The molecule has 1 aromatic heterocycles. The first kappa shape index (κ1) is 15.5. The normalized spacial score (nSPS) is 13.3. The van der Waals surface area contributed by atoms with Crippen molar-refractivity contribution >= 4 is 15.5 Å². The van der Waals surface area contributed by atoms with Gasteiger partial charge in [-0.25, -0.2) is 12.8 Å². The van der Waals surface area contributed by atoms with Crippen molar-refractivity contribution in [2.45, 2.75) is 37.0 Å². The topological polar surface area (TPSA) is 78.0 Å². The number of halogens is 1. The Kier molecular flexibility index (Phi) is 4.32. The molecule has 0 aliphatic carbocycles. The molecule has 0 aliphatic rings. The van der Waals surface area contributed by atoms with E-state index in [9.17, 15) is 12.8 Å². The summed E-state index contributed by atoms with van der Waals surface area (Å²) in [5.74, 6) is -0.946. The molecule has 0 spiro atoms. The van der Waals surface area contributed by atoms with E-state index in [4.69, 9.17) is 5.73 Å². The maximum atomic E-state index is 13.3. The fraction of sp³-hybridized carbons (Fsp3) is 0.357. The van der Waals surface area contributed by atoms with Crippen LogP contribution in [0.3, 0.4) is 0 Å². The molecule has 1 aromatic carbocycles. The lowest BCUT2D eigenvalue weighted by molar-refractivity contribution is 0.475. The molecule has 0 bridgehead atoms. The summed E-state index contributed by atoms with van der Waals surface area (Å²) in [6.45, 7) is 4.02. The van der Waals surface area contributed by atoms with Crippen LogP contribution >= 0.6 is 0 Å². The first-order valence-electron chi connectivity index (χ1n) is 6.64. The highest BCUT2D eigenvalue weighted by molar-refractivity contribution is 7.90. The summed E-state index contributed by atoms with van der Waals surface area (Å²) >= 11 is 0. The SMILES string of the molecule is CCC(C)n1ccc(CS(=O)(=O)c2cc(N)cc(F)c2)n1. The maximum absolute atomic E-state index is 13.3. The fourth-order valence-corrected chi connectivity index (χ4v) is 3.25. The number of hydrogen-bond acceptors (Lipinski definition) is 4. The summed E-state index contributed by atoms with van der Waals surface area (Å²) in [6.07, 6.45) is 2.65. The van der Waals surface area contributed by atoms with Crippen molar-refractivity contribution in [3.8, 4) is 0 Å². The molecule has 1 heterocycles. The van der Waals surface area contributed by atoms with Gasteiger partial charge in [-0.05, 0) is 37.6 Å². The molecule has 2 N–H and O–H groups in total. The molecule has 2 aromatic rings. The van der Waals surface area contributed by atoms with Gasteiger partial charge in [0.2, 0.25) is 0 Å². The molecule has 0 saturated heterocycles. The summed E-state index contributed by atoms with van der Waals surface area (Å²) in [7, 11) is -3.67. The average Bonchev–Trinajstić information content (AvgIpc) is 2.84. The number of sulfone groups is 1. The van der Waals surface area contributed by atoms with Crippen LogP contribution in [0.5, 0.6) is 0 Å². The van der Waals surface area contributed by atoms with E-state index in [-0.39, 0.29) is 22.4 Å². The number of nitrogens with two attached hydrogens (primary N) is 1. The zero-order chi connectivity index (χ0) is 15.6. The molecule has 1 unspecified atom stereocenters. The van der Waals surface area contributed by atoms with E-state index in [1.807, 2.05) is 13.8 Å². The molecule has 114 valence electrons. The molecule has 0 saturated carbocycles. The highest BCUT2D eigenvalue weighted by Crippen LogP contribution is 2.20. The van der Waals surface area contributed by atoms with Gasteiger partial charge in [-0.1, -0.05) is 6.92 Å². The lowest BCUT2D eigenvalue weighted by Crippen LogP contribution is -2.09. The number of nitrogens with zero attached hydrogens (tertiary/aromatic N) is 2. The van der Waals surface area contributed by atoms with E-state index in [0.717, 1.165) is 18.6 Å². The minimum atomic E-state index is -3.67. The van der Waals surface area contributed by atoms with Gasteiger partial charge in [-0.15, -0.1) is 0 Å². The summed E-state index contributed by atoms with van der Waals surface area (Å²) in [5, 5.41) is 4.25. The van der Waals surface area contributed by atoms with Crippen molar-refractivity contribution in [3.05, 3.63) is 42.0 Å². The van der Waals surface area contributed by atoms with E-state index in [1.165, 1.54) is 6.07 Å². The van der Waals surface area contributed by atoms with E-state index in [1.54, 1.807) is 16.9 Å². The Hall–Kier alpha value is -1.89. The third-order valence-electron chi connectivity index (χ3n) is 3.30. The summed E-state index contributed by atoms with van der Waals surface area (Å²) in [6, 6.07) is 5.16. The number of aromatic nitrogens is 2. The number of rotatable bonds is 5. The van der Waals surface area contributed by atoms with Crippen molar-refractivity contribution in [2.24, 2.45) is 0 Å². The number of anilines is 1. The Morgan fingerprint density at radius 3 is 2.71 bits per heavy atom. The van der Waals surface area contributed by atoms with Gasteiger partial charge in [0.1, 0.15) is 5.82 Å². The molecule has 2 rings (SSSR count). The summed E-state index contributed by atoms with van der Waals surface area (Å²) in [4.78, 5) is -0.127. The van der Waals surface area contributed by atoms with E-state index in [2.05, 4.69) is 5.10 Å². The van der Waals surface area contributed by atoms with E-state index >= 15 is 0 Å². The van der Waals surface area contributed by atoms with Crippen molar-refractivity contribution in [1.29, 1.82) is 0 Å². The van der Waals surface area contributed by atoms with Crippen LogP contribution < -0.4 is 5.73 Å². The van der Waals surface area contributed by atoms with Crippen LogP contribution in [0.15, 0.2) is 35.4 Å². The highest BCUT2D eigenvalue weighted by atomic mass is 32.2. The molecule has 7 heteroatoms. The maximum Gasteiger partial charge on any atom is 0.184 e. The summed E-state index contributed by atoms with van der Waals surface area (Å²) < 4.78 is 39.6. The van der Waals surface area contributed by atoms with Gasteiger partial charge in [0.15, 0.2) is 9.84 Å². The monoisotopic (exact) mass is 311 g/mol. The van der Waals surface area contributed by atoms with Crippen LogP contribution in [0.1, 0.15) is 32.0 Å². The molecule has 0 fully saturated rings. The smallest absolute Gasteiger partial charge is 0.184 e. The van der Waals surface area contributed by atoms with E-state index in [0.29, 0.717) is 5.69 Å². The molecule has 21 heavy (non-hydrogen) atoms. The Balaban J connectivity index is 2.27. The second kappa shape index (κ2) is 5.85. The van der Waals surface area contributed by atoms with Gasteiger partial charge < -0.3 is 5.73 Å². The predicted octanol–water partition coefficient (Wildman–Crippen LogP) is 2.55. The minimum Gasteiger partial charge on any atom is -0.399 e. The lowest BCUT2D eigenvalue weighted by Gasteiger charge is -2.08. The molecule has 1 atom stereocenters.